The van der Waals surface area contributed by atoms with Gasteiger partial charge in [0.2, 0.25) is 0 Å². The molecule has 0 radical (unpaired) electrons. The Bertz CT molecular complexity index is 874. The van der Waals surface area contributed by atoms with Crippen LogP contribution in [0.25, 0.3) is 21.3 Å². The molecule has 1 aromatic heterocycles. The molecule has 0 saturated heterocycles. The number of para-hydroxylation sites is 1. The van der Waals surface area contributed by atoms with E-state index in [9.17, 15) is 10.1 Å². The van der Waals surface area contributed by atoms with Crippen molar-refractivity contribution in [3.8, 4) is 0 Å². The van der Waals surface area contributed by atoms with Crippen molar-refractivity contribution < 1.29 is 4.92 Å². The highest BCUT2D eigenvalue weighted by Crippen LogP contribution is 2.32. The molecule has 0 aliphatic heterocycles. The summed E-state index contributed by atoms with van der Waals surface area (Å²) in [7, 11) is 0. The average molecular weight is 396 g/mol. The second-order valence-electron chi connectivity index (χ2n) is 4.45. The normalized spacial score (nSPS) is 11.8. The summed E-state index contributed by atoms with van der Waals surface area (Å²) in [5.41, 5.74) is 1.54. The zero-order valence-corrected chi connectivity index (χ0v) is 14.2. The van der Waals surface area contributed by atoms with Crippen molar-refractivity contribution in [2.24, 2.45) is 0 Å². The Morgan fingerprint density at radius 3 is 2.82 bits per heavy atom. The molecular weight excluding hydrogens is 388 g/mol. The second kappa shape index (κ2) is 6.16. The van der Waals surface area contributed by atoms with E-state index in [1.807, 2.05) is 24.3 Å². The summed E-state index contributed by atoms with van der Waals surface area (Å²) in [6.07, 6.45) is 1.68. The summed E-state index contributed by atoms with van der Waals surface area (Å²) in [6.45, 7) is 0. The fourth-order valence-corrected chi connectivity index (χ4v) is 3.49. The fraction of sp³-hybridized carbons (Fsp3) is 0. The van der Waals surface area contributed by atoms with Crippen LogP contribution in [0.15, 0.2) is 46.9 Å². The fourth-order valence-electron chi connectivity index (χ4n) is 1.94. The summed E-state index contributed by atoms with van der Waals surface area (Å²) in [6, 6.07) is 12.6. The molecule has 7 heteroatoms. The van der Waals surface area contributed by atoms with Crippen LogP contribution in [0.1, 0.15) is 10.6 Å². The summed E-state index contributed by atoms with van der Waals surface area (Å²) >= 11 is 11.0. The highest BCUT2D eigenvalue weighted by Gasteiger charge is 2.12. The predicted molar refractivity (Wildman–Crippen MR) is 94.1 cm³/mol. The van der Waals surface area contributed by atoms with Gasteiger partial charge in [-0.1, -0.05) is 29.8 Å². The Morgan fingerprint density at radius 1 is 1.32 bits per heavy atom. The van der Waals surface area contributed by atoms with E-state index >= 15 is 0 Å². The van der Waals surface area contributed by atoms with Crippen molar-refractivity contribution >= 4 is 65.9 Å². The Balaban J connectivity index is 2.00. The maximum absolute atomic E-state index is 11.0. The molecule has 3 rings (SSSR count). The number of nitro groups is 1. The third-order valence-corrected chi connectivity index (χ3v) is 5.10. The van der Waals surface area contributed by atoms with Crippen LogP contribution >= 0.6 is 38.9 Å². The molecule has 0 N–H and O–H groups in total. The number of hydrogen-bond donors (Lipinski definition) is 0. The summed E-state index contributed by atoms with van der Waals surface area (Å²) in [5, 5.41) is 12.1. The lowest BCUT2D eigenvalue weighted by Gasteiger charge is -1.98. The minimum atomic E-state index is -0.437. The molecule has 0 fully saturated rings. The number of nitro benzene ring substituents is 1. The zero-order chi connectivity index (χ0) is 15.7. The van der Waals surface area contributed by atoms with Crippen LogP contribution < -0.4 is 0 Å². The third-order valence-electron chi connectivity index (χ3n) is 2.96. The van der Waals surface area contributed by atoms with Crippen LogP contribution in [-0.2, 0) is 0 Å². The molecule has 0 atom stereocenters. The number of rotatable bonds is 3. The number of hydrogen-bond acceptors (Lipinski definition) is 4. The minimum Gasteiger partial charge on any atom is -0.258 e. The van der Waals surface area contributed by atoms with Gasteiger partial charge in [-0.05, 0) is 45.8 Å². The topological polar surface area (TPSA) is 56.0 Å². The molecule has 0 amide bonds. The first kappa shape index (κ1) is 15.1. The molecule has 4 nitrogen and oxygen atoms in total. The number of thiazole rings is 1. The highest BCUT2D eigenvalue weighted by molar-refractivity contribution is 9.10. The first-order valence-corrected chi connectivity index (χ1v) is 8.20. The van der Waals surface area contributed by atoms with Crippen molar-refractivity contribution in [1.29, 1.82) is 0 Å². The Labute approximate surface area is 143 Å². The number of nitrogens with zero attached hydrogens (tertiary/aromatic N) is 2. The van der Waals surface area contributed by atoms with Crippen LogP contribution in [0.2, 0.25) is 0 Å². The van der Waals surface area contributed by atoms with Crippen molar-refractivity contribution in [3.05, 3.63) is 67.6 Å². The summed E-state index contributed by atoms with van der Waals surface area (Å²) in [5.74, 6) is 0. The van der Waals surface area contributed by atoms with E-state index < -0.39 is 4.92 Å². The number of fused-ring (bicyclic) bond motifs is 1. The number of aromatic nitrogens is 1. The molecule has 0 unspecified atom stereocenters. The molecule has 0 aliphatic rings. The molecule has 0 spiro atoms. The van der Waals surface area contributed by atoms with E-state index in [1.165, 1.54) is 17.4 Å². The Kier molecular flexibility index (Phi) is 4.24. The SMILES string of the molecule is O=[N+]([O-])c1cc(/C=C(\Cl)c2nc3ccccc3s2)ccc1Br. The van der Waals surface area contributed by atoms with E-state index in [4.69, 9.17) is 11.6 Å². The lowest BCUT2D eigenvalue weighted by Crippen LogP contribution is -1.89. The average Bonchev–Trinajstić information content (AvgIpc) is 2.93. The maximum Gasteiger partial charge on any atom is 0.284 e. The van der Waals surface area contributed by atoms with E-state index in [-0.39, 0.29) is 5.69 Å². The standard InChI is InChI=1S/C15H8BrClN2O2S/c16-10-6-5-9(8-13(10)19(20)21)7-11(17)15-18-12-3-1-2-4-14(12)22-15/h1-8H/b11-7-. The van der Waals surface area contributed by atoms with E-state index in [2.05, 4.69) is 20.9 Å². The molecule has 0 bridgehead atoms. The van der Waals surface area contributed by atoms with Crippen LogP contribution in [0.5, 0.6) is 0 Å². The van der Waals surface area contributed by atoms with Crippen LogP contribution in [-0.4, -0.2) is 9.91 Å². The monoisotopic (exact) mass is 394 g/mol. The zero-order valence-electron chi connectivity index (χ0n) is 11.0. The van der Waals surface area contributed by atoms with Crippen molar-refractivity contribution in [2.75, 3.05) is 0 Å². The summed E-state index contributed by atoms with van der Waals surface area (Å²) in [4.78, 5) is 15.0. The van der Waals surface area contributed by atoms with Gasteiger partial charge in [-0.3, -0.25) is 10.1 Å². The maximum atomic E-state index is 11.0. The Hall–Kier alpha value is -1.76. The molecule has 22 heavy (non-hydrogen) atoms. The first-order chi connectivity index (χ1) is 10.5. The van der Waals surface area contributed by atoms with Crippen molar-refractivity contribution in [2.45, 2.75) is 0 Å². The Morgan fingerprint density at radius 2 is 2.09 bits per heavy atom. The number of halogens is 2. The van der Waals surface area contributed by atoms with E-state index in [0.29, 0.717) is 20.1 Å². The number of benzene rings is 2. The third kappa shape index (κ3) is 3.04. The van der Waals surface area contributed by atoms with Gasteiger partial charge in [-0.15, -0.1) is 11.3 Å². The van der Waals surface area contributed by atoms with Crippen molar-refractivity contribution in [3.63, 3.8) is 0 Å². The van der Waals surface area contributed by atoms with E-state index in [1.54, 1.807) is 18.2 Å². The van der Waals surface area contributed by atoms with Gasteiger partial charge in [0, 0.05) is 6.07 Å². The summed E-state index contributed by atoms with van der Waals surface area (Å²) < 4.78 is 1.48. The van der Waals surface area contributed by atoms with Gasteiger partial charge in [0.1, 0.15) is 5.01 Å². The van der Waals surface area contributed by atoms with Gasteiger partial charge in [-0.25, -0.2) is 4.98 Å². The molecule has 0 aliphatic carbocycles. The quantitative estimate of drug-likeness (QED) is 0.422. The largest absolute Gasteiger partial charge is 0.284 e. The van der Waals surface area contributed by atoms with Gasteiger partial charge in [-0.2, -0.15) is 0 Å². The first-order valence-electron chi connectivity index (χ1n) is 6.21. The van der Waals surface area contributed by atoms with Crippen LogP contribution in [0, 0.1) is 10.1 Å². The molecular formula is C15H8BrClN2O2S. The molecule has 3 aromatic rings. The lowest BCUT2D eigenvalue weighted by molar-refractivity contribution is -0.385. The second-order valence-corrected chi connectivity index (χ2v) is 6.74. The van der Waals surface area contributed by atoms with Gasteiger partial charge in [0.25, 0.3) is 5.69 Å². The van der Waals surface area contributed by atoms with Gasteiger partial charge >= 0.3 is 0 Å². The molecule has 0 saturated carbocycles. The smallest absolute Gasteiger partial charge is 0.258 e. The lowest BCUT2D eigenvalue weighted by atomic mass is 10.2. The predicted octanol–water partition coefficient (Wildman–Crippen LogP) is 5.70. The molecule has 1 heterocycles. The van der Waals surface area contributed by atoms with Gasteiger partial charge in [0.15, 0.2) is 0 Å². The van der Waals surface area contributed by atoms with E-state index in [0.717, 1.165) is 10.2 Å². The molecule has 110 valence electrons. The minimum absolute atomic E-state index is 0.00233. The van der Waals surface area contributed by atoms with Gasteiger partial charge < -0.3 is 0 Å². The van der Waals surface area contributed by atoms with Crippen LogP contribution in [0.4, 0.5) is 5.69 Å². The van der Waals surface area contributed by atoms with Crippen LogP contribution in [0.3, 0.4) is 0 Å². The van der Waals surface area contributed by atoms with Gasteiger partial charge in [0.05, 0.1) is 24.6 Å². The molecule has 2 aromatic carbocycles. The highest BCUT2D eigenvalue weighted by atomic mass is 79.9. The van der Waals surface area contributed by atoms with Crippen molar-refractivity contribution in [1.82, 2.24) is 4.98 Å².